The normalized spacial score (nSPS) is 21.0. The quantitative estimate of drug-likeness (QED) is 0.547. The lowest BCUT2D eigenvalue weighted by Gasteiger charge is -2.18. The molecule has 0 radical (unpaired) electrons. The highest BCUT2D eigenvalue weighted by Gasteiger charge is 2.27. The fraction of sp³-hybridized carbons (Fsp3) is 0.750. The molecule has 1 aliphatic rings. The Morgan fingerprint density at radius 1 is 1.67 bits per heavy atom. The summed E-state index contributed by atoms with van der Waals surface area (Å²) in [6.45, 7) is 11.1. The zero-order valence-electron chi connectivity index (χ0n) is 9.83. The van der Waals surface area contributed by atoms with Gasteiger partial charge in [-0.05, 0) is 18.3 Å². The van der Waals surface area contributed by atoms with Gasteiger partial charge in [0.2, 0.25) is 5.91 Å². The predicted molar refractivity (Wildman–Crippen MR) is 62.6 cm³/mol. The number of carbonyl (C=O) groups excluding carboxylic acids is 1. The highest BCUT2D eigenvalue weighted by Crippen LogP contribution is 2.23. The van der Waals surface area contributed by atoms with Crippen LogP contribution >= 0.6 is 0 Å². The summed E-state index contributed by atoms with van der Waals surface area (Å²) in [6.07, 6.45) is 2.93. The number of likely N-dealkylation sites (tertiary alicyclic amines) is 1. The van der Waals surface area contributed by atoms with Gasteiger partial charge >= 0.3 is 0 Å². The van der Waals surface area contributed by atoms with Crippen molar-refractivity contribution in [3.05, 3.63) is 12.7 Å². The highest BCUT2D eigenvalue weighted by molar-refractivity contribution is 5.78. The first-order valence-corrected chi connectivity index (χ1v) is 5.74. The highest BCUT2D eigenvalue weighted by atomic mass is 16.2. The topological polar surface area (TPSA) is 32.3 Å². The average Bonchev–Trinajstić information content (AvgIpc) is 2.66. The van der Waals surface area contributed by atoms with Gasteiger partial charge in [0.05, 0.1) is 6.54 Å². The number of rotatable bonds is 5. The van der Waals surface area contributed by atoms with Gasteiger partial charge in [0.25, 0.3) is 0 Å². The van der Waals surface area contributed by atoms with Crippen LogP contribution in [-0.4, -0.2) is 37.0 Å². The van der Waals surface area contributed by atoms with Crippen LogP contribution in [0.2, 0.25) is 0 Å². The molecule has 1 N–H and O–H groups in total. The van der Waals surface area contributed by atoms with E-state index in [1.807, 2.05) is 4.90 Å². The molecule has 1 aliphatic heterocycles. The molecule has 3 nitrogen and oxygen atoms in total. The Morgan fingerprint density at radius 2 is 2.40 bits per heavy atom. The Kier molecular flexibility index (Phi) is 4.82. The minimum atomic E-state index is 0.222. The Hall–Kier alpha value is -0.830. The van der Waals surface area contributed by atoms with Crippen LogP contribution in [0, 0.1) is 11.8 Å². The number of carbonyl (C=O) groups is 1. The van der Waals surface area contributed by atoms with Crippen molar-refractivity contribution in [2.24, 2.45) is 11.8 Å². The molecule has 1 amide bonds. The van der Waals surface area contributed by atoms with Crippen LogP contribution < -0.4 is 5.32 Å². The van der Waals surface area contributed by atoms with Crippen molar-refractivity contribution in [1.29, 1.82) is 0 Å². The van der Waals surface area contributed by atoms with Gasteiger partial charge in [0, 0.05) is 19.6 Å². The second-order valence-corrected chi connectivity index (χ2v) is 4.55. The van der Waals surface area contributed by atoms with Gasteiger partial charge in [-0.25, -0.2) is 0 Å². The fourth-order valence-electron chi connectivity index (χ4n) is 1.95. The predicted octanol–water partition coefficient (Wildman–Crippen LogP) is 1.27. The van der Waals surface area contributed by atoms with Crippen molar-refractivity contribution in [3.63, 3.8) is 0 Å². The van der Waals surface area contributed by atoms with Crippen LogP contribution in [0.5, 0.6) is 0 Å². The summed E-state index contributed by atoms with van der Waals surface area (Å²) >= 11 is 0. The molecular formula is C12H22N2O. The lowest BCUT2D eigenvalue weighted by Crippen LogP contribution is -2.37. The fourth-order valence-corrected chi connectivity index (χ4v) is 1.95. The van der Waals surface area contributed by atoms with Gasteiger partial charge in [0.15, 0.2) is 0 Å². The average molecular weight is 210 g/mol. The van der Waals surface area contributed by atoms with Gasteiger partial charge in [-0.1, -0.05) is 19.9 Å². The SMILES string of the molecule is C=CCNCC(=O)N1CCC(C(C)C)C1. The third-order valence-corrected chi connectivity index (χ3v) is 3.09. The van der Waals surface area contributed by atoms with Crippen LogP contribution in [0.4, 0.5) is 0 Å². The van der Waals surface area contributed by atoms with Gasteiger partial charge in [-0.3, -0.25) is 4.79 Å². The van der Waals surface area contributed by atoms with Crippen molar-refractivity contribution in [1.82, 2.24) is 10.2 Å². The van der Waals surface area contributed by atoms with Crippen LogP contribution in [0.25, 0.3) is 0 Å². The van der Waals surface area contributed by atoms with E-state index in [0.29, 0.717) is 24.9 Å². The molecule has 1 rings (SSSR count). The maximum absolute atomic E-state index is 11.7. The van der Waals surface area contributed by atoms with Gasteiger partial charge in [-0.2, -0.15) is 0 Å². The summed E-state index contributed by atoms with van der Waals surface area (Å²) in [5.41, 5.74) is 0. The molecule has 1 unspecified atom stereocenters. The minimum absolute atomic E-state index is 0.222. The molecule has 1 heterocycles. The molecule has 86 valence electrons. The summed E-state index contributed by atoms with van der Waals surface area (Å²) in [6, 6.07) is 0. The monoisotopic (exact) mass is 210 g/mol. The number of nitrogens with zero attached hydrogens (tertiary/aromatic N) is 1. The summed E-state index contributed by atoms with van der Waals surface area (Å²) in [4.78, 5) is 13.7. The third-order valence-electron chi connectivity index (χ3n) is 3.09. The lowest BCUT2D eigenvalue weighted by molar-refractivity contribution is -0.129. The third kappa shape index (κ3) is 3.67. The molecule has 0 bridgehead atoms. The molecule has 0 aliphatic carbocycles. The number of amides is 1. The standard InChI is InChI=1S/C12H22N2O/c1-4-6-13-8-12(15)14-7-5-11(9-14)10(2)3/h4,10-11,13H,1,5-9H2,2-3H3. The first-order chi connectivity index (χ1) is 7.15. The van der Waals surface area contributed by atoms with E-state index in [-0.39, 0.29) is 5.91 Å². The molecule has 0 spiro atoms. The molecule has 0 aromatic rings. The Labute approximate surface area is 92.5 Å². The van der Waals surface area contributed by atoms with Crippen LogP contribution in [0.1, 0.15) is 20.3 Å². The summed E-state index contributed by atoms with van der Waals surface area (Å²) < 4.78 is 0. The molecule has 1 atom stereocenters. The van der Waals surface area contributed by atoms with Crippen molar-refractivity contribution >= 4 is 5.91 Å². The maximum Gasteiger partial charge on any atom is 0.236 e. The van der Waals surface area contributed by atoms with E-state index in [9.17, 15) is 4.79 Å². The van der Waals surface area contributed by atoms with Crippen molar-refractivity contribution in [2.45, 2.75) is 20.3 Å². The molecule has 3 heteroatoms. The zero-order chi connectivity index (χ0) is 11.3. The van der Waals surface area contributed by atoms with E-state index in [4.69, 9.17) is 0 Å². The number of hydrogen-bond donors (Lipinski definition) is 1. The van der Waals surface area contributed by atoms with E-state index in [2.05, 4.69) is 25.7 Å². The van der Waals surface area contributed by atoms with E-state index in [1.54, 1.807) is 6.08 Å². The largest absolute Gasteiger partial charge is 0.341 e. The van der Waals surface area contributed by atoms with Gasteiger partial charge < -0.3 is 10.2 Å². The minimum Gasteiger partial charge on any atom is -0.341 e. The number of hydrogen-bond acceptors (Lipinski definition) is 2. The Bertz CT molecular complexity index is 226. The van der Waals surface area contributed by atoms with E-state index < -0.39 is 0 Å². The first kappa shape index (κ1) is 12.2. The smallest absolute Gasteiger partial charge is 0.236 e. The van der Waals surface area contributed by atoms with Crippen LogP contribution in [0.3, 0.4) is 0 Å². The molecule has 1 saturated heterocycles. The lowest BCUT2D eigenvalue weighted by atomic mass is 9.95. The summed E-state index contributed by atoms with van der Waals surface area (Å²) in [5, 5.41) is 3.05. The van der Waals surface area contributed by atoms with Crippen LogP contribution in [0.15, 0.2) is 12.7 Å². The van der Waals surface area contributed by atoms with Crippen LogP contribution in [-0.2, 0) is 4.79 Å². The summed E-state index contributed by atoms with van der Waals surface area (Å²) in [5.74, 6) is 1.59. The second-order valence-electron chi connectivity index (χ2n) is 4.55. The van der Waals surface area contributed by atoms with Gasteiger partial charge in [-0.15, -0.1) is 6.58 Å². The molecular weight excluding hydrogens is 188 g/mol. The van der Waals surface area contributed by atoms with E-state index in [0.717, 1.165) is 19.5 Å². The maximum atomic E-state index is 11.7. The molecule has 1 fully saturated rings. The Morgan fingerprint density at radius 3 is 2.93 bits per heavy atom. The van der Waals surface area contributed by atoms with Gasteiger partial charge in [0.1, 0.15) is 0 Å². The second kappa shape index (κ2) is 5.91. The van der Waals surface area contributed by atoms with Crippen molar-refractivity contribution < 1.29 is 4.79 Å². The molecule has 15 heavy (non-hydrogen) atoms. The van der Waals surface area contributed by atoms with Crippen molar-refractivity contribution in [3.8, 4) is 0 Å². The van der Waals surface area contributed by atoms with E-state index >= 15 is 0 Å². The molecule has 0 aromatic carbocycles. The Balaban J connectivity index is 2.27. The molecule has 0 aromatic heterocycles. The zero-order valence-corrected chi connectivity index (χ0v) is 9.83. The summed E-state index contributed by atoms with van der Waals surface area (Å²) in [7, 11) is 0. The van der Waals surface area contributed by atoms with Crippen molar-refractivity contribution in [2.75, 3.05) is 26.2 Å². The number of nitrogens with one attached hydrogen (secondary N) is 1. The van der Waals surface area contributed by atoms with E-state index in [1.165, 1.54) is 0 Å². The first-order valence-electron chi connectivity index (χ1n) is 5.74. The molecule has 0 saturated carbocycles.